The number of hydrogen-bond acceptors (Lipinski definition) is 4. The molecule has 0 fully saturated rings. The van der Waals surface area contributed by atoms with Gasteiger partial charge in [-0.2, -0.15) is 0 Å². The van der Waals surface area contributed by atoms with Crippen molar-refractivity contribution in [3.8, 4) is 0 Å². The second kappa shape index (κ2) is 6.68. The van der Waals surface area contributed by atoms with E-state index in [-0.39, 0.29) is 11.7 Å². The fraction of sp³-hybridized carbons (Fsp3) is 0.200. The van der Waals surface area contributed by atoms with Gasteiger partial charge in [0.2, 0.25) is 0 Å². The van der Waals surface area contributed by atoms with Gasteiger partial charge in [0.25, 0.3) is 5.91 Å². The van der Waals surface area contributed by atoms with Gasteiger partial charge in [-0.3, -0.25) is 9.78 Å². The molecule has 1 aromatic heterocycles. The monoisotopic (exact) mass is 270 g/mol. The van der Waals surface area contributed by atoms with Crippen molar-refractivity contribution in [2.75, 3.05) is 11.9 Å². The fourth-order valence-electron chi connectivity index (χ4n) is 1.98. The summed E-state index contributed by atoms with van der Waals surface area (Å²) in [6, 6.07) is 13.6. The molecule has 0 aliphatic rings. The number of primary amides is 1. The minimum atomic E-state index is -0.541. The van der Waals surface area contributed by atoms with Crippen LogP contribution in [0.3, 0.4) is 0 Å². The molecule has 0 spiro atoms. The van der Waals surface area contributed by atoms with Gasteiger partial charge in [0, 0.05) is 24.5 Å². The molecule has 0 radical (unpaired) electrons. The van der Waals surface area contributed by atoms with Crippen LogP contribution in [-0.4, -0.2) is 23.5 Å². The average molecular weight is 270 g/mol. The minimum absolute atomic E-state index is 0.0838. The Morgan fingerprint density at radius 1 is 1.25 bits per heavy atom. The maximum atomic E-state index is 11.1. The summed E-state index contributed by atoms with van der Waals surface area (Å²) < 4.78 is 0. The van der Waals surface area contributed by atoms with E-state index in [0.29, 0.717) is 6.54 Å². The number of pyridine rings is 1. The van der Waals surface area contributed by atoms with Crippen molar-refractivity contribution in [3.63, 3.8) is 0 Å². The standard InChI is InChI=1S/C15H18N4O/c16-10-13(8-11-4-2-1-3-5-11)19-12-6-7-18-14(9-12)15(17)20/h1-7,9,13H,8,10,16H2,(H2,17,20)(H,18,19). The van der Waals surface area contributed by atoms with Crippen molar-refractivity contribution in [1.29, 1.82) is 0 Å². The second-order valence-electron chi connectivity index (χ2n) is 4.56. The van der Waals surface area contributed by atoms with E-state index >= 15 is 0 Å². The zero-order chi connectivity index (χ0) is 14.4. The van der Waals surface area contributed by atoms with Crippen molar-refractivity contribution < 1.29 is 4.79 Å². The molecular formula is C15H18N4O. The highest BCUT2D eigenvalue weighted by Crippen LogP contribution is 2.11. The zero-order valence-corrected chi connectivity index (χ0v) is 11.1. The van der Waals surface area contributed by atoms with E-state index in [1.165, 1.54) is 5.56 Å². The number of aromatic nitrogens is 1. The summed E-state index contributed by atoms with van der Waals surface area (Å²) in [5.41, 5.74) is 13.3. The number of rotatable bonds is 6. The van der Waals surface area contributed by atoms with Crippen LogP contribution in [0, 0.1) is 0 Å². The van der Waals surface area contributed by atoms with E-state index in [9.17, 15) is 4.79 Å². The molecular weight excluding hydrogens is 252 g/mol. The lowest BCUT2D eigenvalue weighted by Crippen LogP contribution is -2.31. The lowest BCUT2D eigenvalue weighted by atomic mass is 10.1. The summed E-state index contributed by atoms with van der Waals surface area (Å²) in [5.74, 6) is -0.541. The van der Waals surface area contributed by atoms with Gasteiger partial charge in [-0.05, 0) is 24.1 Å². The van der Waals surface area contributed by atoms with Crippen LogP contribution in [0.4, 0.5) is 5.69 Å². The molecule has 2 rings (SSSR count). The normalized spacial score (nSPS) is 11.8. The third-order valence-corrected chi connectivity index (χ3v) is 2.99. The summed E-state index contributed by atoms with van der Waals surface area (Å²) >= 11 is 0. The highest BCUT2D eigenvalue weighted by molar-refractivity contribution is 5.91. The van der Waals surface area contributed by atoms with Crippen molar-refractivity contribution in [3.05, 3.63) is 59.9 Å². The minimum Gasteiger partial charge on any atom is -0.381 e. The number of nitrogens with zero attached hydrogens (tertiary/aromatic N) is 1. The molecule has 1 heterocycles. The molecule has 0 bridgehead atoms. The first kappa shape index (κ1) is 14.0. The van der Waals surface area contributed by atoms with Gasteiger partial charge >= 0.3 is 0 Å². The number of hydrogen-bond donors (Lipinski definition) is 3. The van der Waals surface area contributed by atoms with Gasteiger partial charge < -0.3 is 16.8 Å². The maximum Gasteiger partial charge on any atom is 0.267 e. The molecule has 0 aliphatic carbocycles. The van der Waals surface area contributed by atoms with Crippen LogP contribution < -0.4 is 16.8 Å². The van der Waals surface area contributed by atoms with Crippen LogP contribution in [0.25, 0.3) is 0 Å². The second-order valence-corrected chi connectivity index (χ2v) is 4.56. The Labute approximate surface area is 118 Å². The smallest absolute Gasteiger partial charge is 0.267 e. The predicted molar refractivity (Wildman–Crippen MR) is 79.4 cm³/mol. The quantitative estimate of drug-likeness (QED) is 0.734. The Hall–Kier alpha value is -2.40. The Morgan fingerprint density at radius 2 is 2.00 bits per heavy atom. The number of nitrogens with two attached hydrogens (primary N) is 2. The molecule has 104 valence electrons. The van der Waals surface area contributed by atoms with Crippen molar-refractivity contribution in [1.82, 2.24) is 4.98 Å². The molecule has 1 aromatic carbocycles. The van der Waals surface area contributed by atoms with E-state index < -0.39 is 5.91 Å². The molecule has 1 unspecified atom stereocenters. The van der Waals surface area contributed by atoms with E-state index in [0.717, 1.165) is 12.1 Å². The molecule has 0 saturated heterocycles. The lowest BCUT2D eigenvalue weighted by molar-refractivity contribution is 0.0995. The summed E-state index contributed by atoms with van der Waals surface area (Å²) in [6.45, 7) is 0.489. The number of amides is 1. The predicted octanol–water partition coefficient (Wildman–Crippen LogP) is 1.16. The molecule has 5 N–H and O–H groups in total. The number of carbonyl (C=O) groups excluding carboxylic acids is 1. The van der Waals surface area contributed by atoms with Crippen LogP contribution in [0.1, 0.15) is 16.1 Å². The van der Waals surface area contributed by atoms with E-state index in [1.807, 2.05) is 18.2 Å². The molecule has 1 atom stereocenters. The van der Waals surface area contributed by atoms with Crippen LogP contribution in [0.2, 0.25) is 0 Å². The molecule has 2 aromatic rings. The third-order valence-electron chi connectivity index (χ3n) is 2.99. The lowest BCUT2D eigenvalue weighted by Gasteiger charge is -2.18. The zero-order valence-electron chi connectivity index (χ0n) is 11.1. The third kappa shape index (κ3) is 3.80. The van der Waals surface area contributed by atoms with Crippen LogP contribution >= 0.6 is 0 Å². The first-order valence-corrected chi connectivity index (χ1v) is 6.45. The van der Waals surface area contributed by atoms with Gasteiger partial charge in [-0.1, -0.05) is 30.3 Å². The van der Waals surface area contributed by atoms with Gasteiger partial charge in [0.05, 0.1) is 0 Å². The maximum absolute atomic E-state index is 11.1. The van der Waals surface area contributed by atoms with Gasteiger partial charge in [0.1, 0.15) is 5.69 Å². The Bertz CT molecular complexity index is 571. The van der Waals surface area contributed by atoms with Crippen molar-refractivity contribution >= 4 is 11.6 Å². The van der Waals surface area contributed by atoms with Crippen LogP contribution in [-0.2, 0) is 6.42 Å². The van der Waals surface area contributed by atoms with Gasteiger partial charge in [-0.25, -0.2) is 0 Å². The Kier molecular flexibility index (Phi) is 4.68. The molecule has 0 aliphatic heterocycles. The SMILES string of the molecule is NCC(Cc1ccccc1)Nc1ccnc(C(N)=O)c1. The summed E-state index contributed by atoms with van der Waals surface area (Å²) in [5, 5.41) is 3.30. The topological polar surface area (TPSA) is 94.0 Å². The summed E-state index contributed by atoms with van der Waals surface area (Å²) in [6.07, 6.45) is 2.37. The highest BCUT2D eigenvalue weighted by Gasteiger charge is 2.09. The number of nitrogens with one attached hydrogen (secondary N) is 1. The largest absolute Gasteiger partial charge is 0.381 e. The first-order chi connectivity index (χ1) is 9.69. The average Bonchev–Trinajstić information content (AvgIpc) is 2.48. The van der Waals surface area contributed by atoms with E-state index in [1.54, 1.807) is 18.3 Å². The number of benzene rings is 1. The molecule has 1 amide bonds. The van der Waals surface area contributed by atoms with Crippen LogP contribution in [0.15, 0.2) is 48.7 Å². The number of carbonyl (C=O) groups is 1. The molecule has 0 saturated carbocycles. The Balaban J connectivity index is 2.06. The summed E-state index contributed by atoms with van der Waals surface area (Å²) in [4.78, 5) is 15.0. The van der Waals surface area contributed by atoms with Gasteiger partial charge in [0.15, 0.2) is 0 Å². The molecule has 5 heteroatoms. The number of anilines is 1. The van der Waals surface area contributed by atoms with E-state index in [4.69, 9.17) is 11.5 Å². The van der Waals surface area contributed by atoms with Gasteiger partial charge in [-0.15, -0.1) is 0 Å². The summed E-state index contributed by atoms with van der Waals surface area (Å²) in [7, 11) is 0. The first-order valence-electron chi connectivity index (χ1n) is 6.45. The highest BCUT2D eigenvalue weighted by atomic mass is 16.1. The fourth-order valence-corrected chi connectivity index (χ4v) is 1.98. The van der Waals surface area contributed by atoms with Crippen LogP contribution in [0.5, 0.6) is 0 Å². The molecule has 20 heavy (non-hydrogen) atoms. The van der Waals surface area contributed by atoms with Crippen molar-refractivity contribution in [2.45, 2.75) is 12.5 Å². The Morgan fingerprint density at radius 3 is 2.65 bits per heavy atom. The molecule has 5 nitrogen and oxygen atoms in total. The van der Waals surface area contributed by atoms with Crippen molar-refractivity contribution in [2.24, 2.45) is 11.5 Å². The van der Waals surface area contributed by atoms with E-state index in [2.05, 4.69) is 22.4 Å².